The predicted molar refractivity (Wildman–Crippen MR) is 84.0 cm³/mol. The fraction of sp³-hybridized carbons (Fsp3) is 0.235. The number of allylic oxidation sites excluding steroid dienone is 5. The fourth-order valence-corrected chi connectivity index (χ4v) is 2.28. The first kappa shape index (κ1) is 16.5. The number of carbonyl (C=O) groups is 2. The molecule has 0 saturated heterocycles. The van der Waals surface area contributed by atoms with Gasteiger partial charge in [-0.15, -0.1) is 0 Å². The lowest BCUT2D eigenvalue weighted by Gasteiger charge is -2.26. The third-order valence-electron chi connectivity index (χ3n) is 3.62. The maximum Gasteiger partial charge on any atom is 0.271 e. The summed E-state index contributed by atoms with van der Waals surface area (Å²) in [5, 5.41) is 10.7. The molecular weight excluding hydrogens is 294 g/mol. The number of imide groups is 1. The van der Waals surface area contributed by atoms with Gasteiger partial charge >= 0.3 is 0 Å². The molecule has 0 spiro atoms. The van der Waals surface area contributed by atoms with Gasteiger partial charge in [0.1, 0.15) is 11.6 Å². The van der Waals surface area contributed by atoms with Crippen molar-refractivity contribution in [3.8, 4) is 6.07 Å². The van der Waals surface area contributed by atoms with Crippen LogP contribution in [0.3, 0.4) is 0 Å². The molecule has 0 saturated carbocycles. The Bertz CT molecular complexity index is 717. The smallest absolute Gasteiger partial charge is 0.271 e. The highest BCUT2D eigenvalue weighted by Gasteiger charge is 2.33. The lowest BCUT2D eigenvalue weighted by molar-refractivity contribution is -0.140. The minimum absolute atomic E-state index is 0.0105. The Hall–Kier alpha value is -2.91. The van der Waals surface area contributed by atoms with E-state index in [9.17, 15) is 14.9 Å². The molecule has 2 aliphatic heterocycles. The van der Waals surface area contributed by atoms with Crippen molar-refractivity contribution in [1.29, 1.82) is 5.26 Å². The van der Waals surface area contributed by atoms with Crippen LogP contribution in [0.25, 0.3) is 0 Å². The van der Waals surface area contributed by atoms with E-state index in [4.69, 9.17) is 4.84 Å². The summed E-state index contributed by atoms with van der Waals surface area (Å²) >= 11 is 0. The van der Waals surface area contributed by atoms with Gasteiger partial charge in [0.05, 0.1) is 7.11 Å². The molecule has 2 amide bonds. The standard InChI is InChI=1S/C17H17N3O3/c1-4-20-16(21)14(12(2)15(11-18)17(20)22)6-5-13-7-9-19(23-3)10-8-13/h5-10H,4H2,1-3H3/b14-6-. The maximum atomic E-state index is 12.4. The molecule has 0 atom stereocenters. The minimum Gasteiger partial charge on any atom is -0.274 e. The zero-order chi connectivity index (χ0) is 17.0. The van der Waals surface area contributed by atoms with Crippen LogP contribution in [0.15, 0.2) is 59.0 Å². The molecule has 0 aromatic rings. The van der Waals surface area contributed by atoms with Crippen LogP contribution in [0.4, 0.5) is 0 Å². The van der Waals surface area contributed by atoms with Crippen molar-refractivity contribution in [2.24, 2.45) is 0 Å². The number of nitriles is 1. The van der Waals surface area contributed by atoms with E-state index >= 15 is 0 Å². The van der Waals surface area contributed by atoms with Crippen LogP contribution >= 0.6 is 0 Å². The molecule has 6 nitrogen and oxygen atoms in total. The van der Waals surface area contributed by atoms with Gasteiger partial charge in [0.15, 0.2) is 0 Å². The van der Waals surface area contributed by atoms with E-state index in [2.05, 4.69) is 0 Å². The van der Waals surface area contributed by atoms with Crippen molar-refractivity contribution in [3.63, 3.8) is 0 Å². The number of hydroxylamine groups is 2. The van der Waals surface area contributed by atoms with Gasteiger partial charge in [-0.05, 0) is 43.2 Å². The number of hydrogen-bond donors (Lipinski definition) is 0. The van der Waals surface area contributed by atoms with Crippen LogP contribution < -0.4 is 0 Å². The highest BCUT2D eigenvalue weighted by Crippen LogP contribution is 2.25. The molecule has 23 heavy (non-hydrogen) atoms. The topological polar surface area (TPSA) is 73.6 Å². The van der Waals surface area contributed by atoms with Crippen molar-refractivity contribution in [3.05, 3.63) is 59.0 Å². The quantitative estimate of drug-likeness (QED) is 0.588. The van der Waals surface area contributed by atoms with Gasteiger partial charge in [0.2, 0.25) is 0 Å². The van der Waals surface area contributed by atoms with Crippen LogP contribution in [0, 0.1) is 11.3 Å². The average Bonchev–Trinajstić information content (AvgIpc) is 2.56. The first-order valence-corrected chi connectivity index (χ1v) is 7.11. The number of hydrogen-bond acceptors (Lipinski definition) is 5. The van der Waals surface area contributed by atoms with Crippen molar-refractivity contribution < 1.29 is 14.4 Å². The summed E-state index contributed by atoms with van der Waals surface area (Å²) in [6.45, 7) is 3.55. The van der Waals surface area contributed by atoms with Crippen LogP contribution in [-0.4, -0.2) is 35.4 Å². The summed E-state index contributed by atoms with van der Waals surface area (Å²) in [5.74, 6) is -0.913. The van der Waals surface area contributed by atoms with Crippen molar-refractivity contribution >= 4 is 11.8 Å². The van der Waals surface area contributed by atoms with Gasteiger partial charge in [-0.1, -0.05) is 6.08 Å². The predicted octanol–water partition coefficient (Wildman–Crippen LogP) is 1.97. The SMILES string of the molecule is CCN1C(=O)C(C#N)=C(C)/C(=C/C=C2C=CN(OC)C=C2)C1=O. The summed E-state index contributed by atoms with van der Waals surface area (Å²) in [6.07, 6.45) is 10.5. The number of likely N-dealkylation sites (N-methyl/N-ethyl adjacent to an activating group) is 1. The van der Waals surface area contributed by atoms with Gasteiger partial charge in [-0.25, -0.2) is 5.06 Å². The summed E-state index contributed by atoms with van der Waals surface area (Å²) < 4.78 is 0. The Morgan fingerprint density at radius 1 is 1.22 bits per heavy atom. The molecule has 0 aromatic carbocycles. The molecule has 0 radical (unpaired) electrons. The Kier molecular flexibility index (Phi) is 4.94. The molecule has 6 heteroatoms. The molecule has 2 rings (SSSR count). The summed E-state index contributed by atoms with van der Waals surface area (Å²) in [5.41, 5.74) is 1.64. The molecular formula is C17H17N3O3. The van der Waals surface area contributed by atoms with Crippen molar-refractivity contribution in [1.82, 2.24) is 9.96 Å². The number of carbonyl (C=O) groups excluding carboxylic acids is 2. The lowest BCUT2D eigenvalue weighted by Crippen LogP contribution is -2.42. The minimum atomic E-state index is -0.532. The molecule has 0 aromatic heterocycles. The van der Waals surface area contributed by atoms with Gasteiger partial charge < -0.3 is 0 Å². The Morgan fingerprint density at radius 3 is 2.39 bits per heavy atom. The second-order valence-corrected chi connectivity index (χ2v) is 4.89. The third-order valence-corrected chi connectivity index (χ3v) is 3.62. The van der Waals surface area contributed by atoms with E-state index < -0.39 is 5.91 Å². The van der Waals surface area contributed by atoms with Gasteiger partial charge in [0.25, 0.3) is 11.8 Å². The summed E-state index contributed by atoms with van der Waals surface area (Å²) in [4.78, 5) is 30.6. The fourth-order valence-electron chi connectivity index (χ4n) is 2.28. The van der Waals surface area contributed by atoms with E-state index in [-0.39, 0.29) is 18.0 Å². The van der Waals surface area contributed by atoms with Crippen LogP contribution in [0.1, 0.15) is 13.8 Å². The Balaban J connectivity index is 2.39. The molecule has 0 unspecified atom stereocenters. The van der Waals surface area contributed by atoms with E-state index in [1.807, 2.05) is 18.2 Å². The zero-order valence-corrected chi connectivity index (χ0v) is 13.2. The van der Waals surface area contributed by atoms with E-state index in [0.29, 0.717) is 11.1 Å². The van der Waals surface area contributed by atoms with E-state index in [1.54, 1.807) is 45.5 Å². The molecule has 0 bridgehead atoms. The van der Waals surface area contributed by atoms with Crippen LogP contribution in [-0.2, 0) is 14.4 Å². The molecule has 0 fully saturated rings. The van der Waals surface area contributed by atoms with Crippen molar-refractivity contribution in [2.45, 2.75) is 13.8 Å². The summed E-state index contributed by atoms with van der Waals surface area (Å²) in [7, 11) is 1.56. The average molecular weight is 311 g/mol. The van der Waals surface area contributed by atoms with Gasteiger partial charge in [-0.3, -0.25) is 19.3 Å². The van der Waals surface area contributed by atoms with Crippen LogP contribution in [0.2, 0.25) is 0 Å². The molecule has 0 N–H and O–H groups in total. The summed E-state index contributed by atoms with van der Waals surface area (Å²) in [6, 6.07) is 1.89. The molecule has 0 aliphatic carbocycles. The van der Waals surface area contributed by atoms with E-state index in [0.717, 1.165) is 10.5 Å². The maximum absolute atomic E-state index is 12.4. The second kappa shape index (κ2) is 6.90. The monoisotopic (exact) mass is 311 g/mol. The number of rotatable bonds is 3. The zero-order valence-electron chi connectivity index (χ0n) is 13.2. The Morgan fingerprint density at radius 2 is 1.87 bits per heavy atom. The number of nitrogens with zero attached hydrogens (tertiary/aromatic N) is 3. The van der Waals surface area contributed by atoms with Gasteiger partial charge in [-0.2, -0.15) is 5.26 Å². The normalized spacial score (nSPS) is 19.7. The van der Waals surface area contributed by atoms with E-state index in [1.165, 1.54) is 5.06 Å². The van der Waals surface area contributed by atoms with Gasteiger partial charge in [0, 0.05) is 24.5 Å². The highest BCUT2D eigenvalue weighted by molar-refractivity contribution is 6.18. The molecule has 2 aliphatic rings. The largest absolute Gasteiger partial charge is 0.274 e. The molecule has 2 heterocycles. The first-order valence-electron chi connectivity index (χ1n) is 7.11. The lowest BCUT2D eigenvalue weighted by atomic mass is 9.94. The van der Waals surface area contributed by atoms with Crippen LogP contribution in [0.5, 0.6) is 0 Å². The highest BCUT2D eigenvalue weighted by atomic mass is 16.7. The third kappa shape index (κ3) is 3.15. The molecule has 118 valence electrons. The number of amides is 2. The van der Waals surface area contributed by atoms with Crippen molar-refractivity contribution in [2.75, 3.05) is 13.7 Å². The first-order chi connectivity index (χ1) is 11.0. The second-order valence-electron chi connectivity index (χ2n) is 4.89. The Labute approximate surface area is 134 Å².